The number of nitrogens with zero attached hydrogens (tertiary/aromatic N) is 4. The summed E-state index contributed by atoms with van der Waals surface area (Å²) in [5.74, 6) is -2.25. The molecule has 0 aliphatic carbocycles. The van der Waals surface area contributed by atoms with Crippen molar-refractivity contribution in [2.24, 2.45) is 11.7 Å². The molecule has 2 aromatic heterocycles. The highest BCUT2D eigenvalue weighted by molar-refractivity contribution is 5.63. The first-order chi connectivity index (χ1) is 17.1. The summed E-state index contributed by atoms with van der Waals surface area (Å²) in [7, 11) is 0. The molecule has 3 aromatic rings. The topological polar surface area (TPSA) is 78.8 Å². The van der Waals surface area contributed by atoms with Gasteiger partial charge in [0.05, 0.1) is 17.0 Å². The summed E-state index contributed by atoms with van der Waals surface area (Å²) in [6.45, 7) is 6.97. The molecule has 0 spiro atoms. The van der Waals surface area contributed by atoms with Crippen LogP contribution in [0.4, 0.5) is 18.9 Å². The fourth-order valence-corrected chi connectivity index (χ4v) is 4.80. The molecule has 0 radical (unpaired) electrons. The van der Waals surface area contributed by atoms with Crippen molar-refractivity contribution in [2.75, 3.05) is 18.0 Å². The number of anilines is 1. The number of halogens is 3. The molecule has 0 bridgehead atoms. The van der Waals surface area contributed by atoms with Crippen LogP contribution in [0.3, 0.4) is 0 Å². The van der Waals surface area contributed by atoms with Crippen molar-refractivity contribution in [3.8, 4) is 17.3 Å². The highest BCUT2D eigenvalue weighted by Crippen LogP contribution is 2.33. The van der Waals surface area contributed by atoms with Crippen LogP contribution in [0.25, 0.3) is 11.3 Å². The average molecular weight is 494 g/mol. The van der Waals surface area contributed by atoms with E-state index in [1.54, 1.807) is 26.2 Å². The van der Waals surface area contributed by atoms with E-state index >= 15 is 0 Å². The molecule has 0 amide bonds. The fraction of sp³-hybridized carbons (Fsp3) is 0.393. The van der Waals surface area contributed by atoms with Crippen molar-refractivity contribution < 1.29 is 13.2 Å². The minimum Gasteiger partial charge on any atom is -0.369 e. The summed E-state index contributed by atoms with van der Waals surface area (Å²) in [5.41, 5.74) is 6.97. The lowest BCUT2D eigenvalue weighted by atomic mass is 9.85. The van der Waals surface area contributed by atoms with E-state index in [1.807, 2.05) is 12.1 Å². The molecule has 0 unspecified atom stereocenters. The van der Waals surface area contributed by atoms with E-state index in [0.29, 0.717) is 24.5 Å². The summed E-state index contributed by atoms with van der Waals surface area (Å²) in [4.78, 5) is 10.8. The van der Waals surface area contributed by atoms with E-state index in [0.717, 1.165) is 42.9 Å². The standard InChI is InChI=1S/C28H30F3N5/c1-17-10-20(33)15-36(14-17)25-8-9-34-13-18(25)4-5-21-6-7-22(29)27(35-21)26-23(30)11-19(12-24(26)31)28(2,3)16-32/h6-9,11-13,17,20H,4-5,10,14-15,33H2,1-3H3/t17-,20+/m1/s1. The van der Waals surface area contributed by atoms with Crippen LogP contribution in [-0.4, -0.2) is 29.1 Å². The number of nitriles is 1. The van der Waals surface area contributed by atoms with Crippen LogP contribution in [0, 0.1) is 34.7 Å². The van der Waals surface area contributed by atoms with Gasteiger partial charge in [-0.25, -0.2) is 18.2 Å². The molecule has 36 heavy (non-hydrogen) atoms. The molecular weight excluding hydrogens is 463 g/mol. The number of benzene rings is 1. The molecular formula is C28H30F3N5. The number of rotatable bonds is 6. The van der Waals surface area contributed by atoms with Gasteiger partial charge < -0.3 is 10.6 Å². The van der Waals surface area contributed by atoms with E-state index in [-0.39, 0.29) is 17.3 Å². The van der Waals surface area contributed by atoms with Crippen molar-refractivity contribution in [3.05, 3.63) is 77.0 Å². The molecule has 1 aliphatic rings. The van der Waals surface area contributed by atoms with Crippen molar-refractivity contribution in [1.29, 1.82) is 5.26 Å². The van der Waals surface area contributed by atoms with Crippen LogP contribution < -0.4 is 10.6 Å². The SMILES string of the molecule is C[C@@H]1C[C@H](N)CN(c2ccncc2CCc2ccc(F)c(-c3c(F)cc(C(C)(C)C#N)cc3F)n2)C1. The van der Waals surface area contributed by atoms with Crippen molar-refractivity contribution >= 4 is 5.69 Å². The quantitative estimate of drug-likeness (QED) is 0.503. The monoisotopic (exact) mass is 493 g/mol. The van der Waals surface area contributed by atoms with Gasteiger partial charge >= 0.3 is 0 Å². The molecule has 0 saturated carbocycles. The summed E-state index contributed by atoms with van der Waals surface area (Å²) >= 11 is 0. The van der Waals surface area contributed by atoms with Crippen molar-refractivity contribution in [1.82, 2.24) is 9.97 Å². The predicted molar refractivity (Wildman–Crippen MR) is 134 cm³/mol. The molecule has 1 saturated heterocycles. The maximum absolute atomic E-state index is 15.0. The Morgan fingerprint density at radius 3 is 2.47 bits per heavy atom. The number of piperidine rings is 1. The van der Waals surface area contributed by atoms with Crippen molar-refractivity contribution in [2.45, 2.75) is 51.5 Å². The smallest absolute Gasteiger partial charge is 0.149 e. The Kier molecular flexibility index (Phi) is 7.32. The van der Waals surface area contributed by atoms with E-state index in [4.69, 9.17) is 5.73 Å². The van der Waals surface area contributed by atoms with Gasteiger partial charge in [0.15, 0.2) is 0 Å². The summed E-state index contributed by atoms with van der Waals surface area (Å²) < 4.78 is 44.6. The maximum Gasteiger partial charge on any atom is 0.149 e. The normalized spacial score (nSPS) is 18.2. The van der Waals surface area contributed by atoms with Gasteiger partial charge in [0, 0.05) is 42.9 Å². The van der Waals surface area contributed by atoms with Gasteiger partial charge in [0.25, 0.3) is 0 Å². The molecule has 1 aromatic carbocycles. The average Bonchev–Trinajstić information content (AvgIpc) is 2.83. The second-order valence-corrected chi connectivity index (χ2v) is 10.2. The number of aromatic nitrogens is 2. The second kappa shape index (κ2) is 10.3. The van der Waals surface area contributed by atoms with Gasteiger partial charge in [0.2, 0.25) is 0 Å². The van der Waals surface area contributed by atoms with Crippen LogP contribution >= 0.6 is 0 Å². The third kappa shape index (κ3) is 5.36. The van der Waals surface area contributed by atoms with Gasteiger partial charge in [-0.05, 0) is 80.5 Å². The molecule has 4 rings (SSSR count). The van der Waals surface area contributed by atoms with Crippen LogP contribution in [0.5, 0.6) is 0 Å². The van der Waals surface area contributed by atoms with Crippen LogP contribution in [0.1, 0.15) is 44.0 Å². The first-order valence-corrected chi connectivity index (χ1v) is 12.1. The van der Waals surface area contributed by atoms with Gasteiger partial charge in [0.1, 0.15) is 23.1 Å². The second-order valence-electron chi connectivity index (χ2n) is 10.2. The minimum atomic E-state index is -1.09. The lowest BCUT2D eigenvalue weighted by Gasteiger charge is -2.37. The summed E-state index contributed by atoms with van der Waals surface area (Å²) in [6.07, 6.45) is 5.55. The maximum atomic E-state index is 15.0. The Balaban J connectivity index is 1.60. The molecule has 1 aliphatic heterocycles. The highest BCUT2D eigenvalue weighted by Gasteiger charge is 2.26. The molecule has 2 N–H and O–H groups in total. The largest absolute Gasteiger partial charge is 0.369 e. The third-order valence-corrected chi connectivity index (χ3v) is 6.74. The van der Waals surface area contributed by atoms with E-state index in [9.17, 15) is 18.4 Å². The van der Waals surface area contributed by atoms with Crippen LogP contribution in [0.2, 0.25) is 0 Å². The van der Waals surface area contributed by atoms with Gasteiger partial charge in [-0.2, -0.15) is 5.26 Å². The number of hydrogen-bond acceptors (Lipinski definition) is 5. The van der Waals surface area contributed by atoms with E-state index in [1.165, 1.54) is 12.1 Å². The molecule has 188 valence electrons. The Hall–Kier alpha value is -3.44. The first-order valence-electron chi connectivity index (χ1n) is 12.1. The molecule has 2 atom stereocenters. The molecule has 1 fully saturated rings. The number of pyridine rings is 2. The molecule has 5 nitrogen and oxygen atoms in total. The minimum absolute atomic E-state index is 0.103. The Morgan fingerprint density at radius 2 is 1.81 bits per heavy atom. The summed E-state index contributed by atoms with van der Waals surface area (Å²) in [6, 6.07) is 8.94. The van der Waals surface area contributed by atoms with Gasteiger partial charge in [-0.15, -0.1) is 0 Å². The zero-order valence-corrected chi connectivity index (χ0v) is 20.7. The lowest BCUT2D eigenvalue weighted by molar-refractivity contribution is 0.401. The fourth-order valence-electron chi connectivity index (χ4n) is 4.80. The Bertz CT molecular complexity index is 1270. The summed E-state index contributed by atoms with van der Waals surface area (Å²) in [5, 5.41) is 9.30. The Labute approximate surface area is 209 Å². The molecule has 8 heteroatoms. The van der Waals surface area contributed by atoms with Gasteiger partial charge in [-0.1, -0.05) is 6.92 Å². The van der Waals surface area contributed by atoms with E-state index < -0.39 is 28.4 Å². The lowest BCUT2D eigenvalue weighted by Crippen LogP contribution is -2.46. The predicted octanol–water partition coefficient (Wildman–Crippen LogP) is 5.32. The first kappa shape index (κ1) is 25.6. The number of hydrogen-bond donors (Lipinski definition) is 1. The zero-order chi connectivity index (χ0) is 26.0. The Morgan fingerprint density at radius 1 is 1.08 bits per heavy atom. The highest BCUT2D eigenvalue weighted by atomic mass is 19.1. The third-order valence-electron chi connectivity index (χ3n) is 6.74. The van der Waals surface area contributed by atoms with Crippen molar-refractivity contribution in [3.63, 3.8) is 0 Å². The zero-order valence-electron chi connectivity index (χ0n) is 20.7. The molecule has 3 heterocycles. The van der Waals surface area contributed by atoms with Crippen LogP contribution in [-0.2, 0) is 18.3 Å². The van der Waals surface area contributed by atoms with Gasteiger partial charge in [-0.3, -0.25) is 4.98 Å². The van der Waals surface area contributed by atoms with Crippen LogP contribution in [0.15, 0.2) is 42.7 Å². The van der Waals surface area contributed by atoms with E-state index in [2.05, 4.69) is 21.8 Å². The number of nitrogens with two attached hydrogens (primary N) is 1. The number of aryl methyl sites for hydroxylation is 2.